The molecule has 3 atom stereocenters. The fourth-order valence-electron chi connectivity index (χ4n) is 4.22. The van der Waals surface area contributed by atoms with E-state index >= 15 is 0 Å². The van der Waals surface area contributed by atoms with Crippen LogP contribution in [0.25, 0.3) is 0 Å². The molecule has 0 spiro atoms. The van der Waals surface area contributed by atoms with E-state index < -0.39 is 9.84 Å². The minimum Gasteiger partial charge on any atom is -0.314 e. The molecule has 0 aromatic carbocycles. The van der Waals surface area contributed by atoms with E-state index in [4.69, 9.17) is 0 Å². The number of piperidine rings is 2. The number of nitrogens with zero attached hydrogens (tertiary/aromatic N) is 1. The van der Waals surface area contributed by atoms with Crippen LogP contribution in [0.15, 0.2) is 11.5 Å². The maximum Gasteiger partial charge on any atom is 0.173 e. The molecule has 0 aliphatic carbocycles. The molecule has 114 valence electrons. The quantitative estimate of drug-likeness (QED) is 0.858. The summed E-state index contributed by atoms with van der Waals surface area (Å²) >= 11 is 0. The summed E-state index contributed by atoms with van der Waals surface area (Å²) in [4.78, 5) is 2.52. The van der Waals surface area contributed by atoms with Gasteiger partial charge in [-0.3, -0.25) is 4.90 Å². The number of rotatable bonds is 4. The van der Waals surface area contributed by atoms with Crippen LogP contribution < -0.4 is 5.32 Å². The molecule has 3 aliphatic rings. The Kier molecular flexibility index (Phi) is 4.20. The van der Waals surface area contributed by atoms with Gasteiger partial charge in [0.2, 0.25) is 0 Å². The van der Waals surface area contributed by atoms with Crippen molar-refractivity contribution in [2.45, 2.75) is 69.6 Å². The fourth-order valence-corrected chi connectivity index (χ4v) is 5.51. The van der Waals surface area contributed by atoms with E-state index in [0.717, 1.165) is 6.54 Å². The van der Waals surface area contributed by atoms with Gasteiger partial charge in [-0.15, -0.1) is 0 Å². The molecule has 3 rings (SSSR count). The van der Waals surface area contributed by atoms with Crippen molar-refractivity contribution < 1.29 is 8.42 Å². The van der Waals surface area contributed by atoms with Gasteiger partial charge in [-0.25, -0.2) is 8.42 Å². The molecule has 4 nitrogen and oxygen atoms in total. The molecule has 20 heavy (non-hydrogen) atoms. The minimum atomic E-state index is -2.94. The molecular formula is C15H26N2O2S. The van der Waals surface area contributed by atoms with Gasteiger partial charge in [-0.05, 0) is 38.6 Å². The van der Waals surface area contributed by atoms with E-state index in [1.54, 1.807) is 0 Å². The normalized spacial score (nSPS) is 40.0. The van der Waals surface area contributed by atoms with Gasteiger partial charge in [-0.2, -0.15) is 0 Å². The van der Waals surface area contributed by atoms with E-state index in [2.05, 4.69) is 17.1 Å². The third kappa shape index (κ3) is 2.95. The molecule has 0 radical (unpaired) electrons. The molecule has 3 heterocycles. The summed E-state index contributed by atoms with van der Waals surface area (Å²) in [6.07, 6.45) is 9.22. The first-order valence-corrected chi connectivity index (χ1v) is 9.72. The second-order valence-electron chi connectivity index (χ2n) is 6.53. The van der Waals surface area contributed by atoms with Crippen LogP contribution in [0.2, 0.25) is 0 Å². The Morgan fingerprint density at radius 1 is 1.25 bits per heavy atom. The van der Waals surface area contributed by atoms with Crippen LogP contribution in [-0.2, 0) is 9.84 Å². The van der Waals surface area contributed by atoms with Crippen LogP contribution in [0.4, 0.5) is 0 Å². The Bertz CT molecular complexity index is 460. The highest BCUT2D eigenvalue weighted by Crippen LogP contribution is 2.37. The van der Waals surface area contributed by atoms with Crippen molar-refractivity contribution in [2.24, 2.45) is 0 Å². The van der Waals surface area contributed by atoms with Crippen LogP contribution in [-0.4, -0.2) is 49.8 Å². The fraction of sp³-hybridized carbons (Fsp3) is 0.867. The van der Waals surface area contributed by atoms with Crippen molar-refractivity contribution >= 4 is 9.84 Å². The molecular weight excluding hydrogens is 272 g/mol. The van der Waals surface area contributed by atoms with Gasteiger partial charge in [0.05, 0.1) is 5.75 Å². The number of hydrogen-bond acceptors (Lipinski definition) is 4. The largest absolute Gasteiger partial charge is 0.314 e. The molecule has 0 aromatic rings. The molecule has 0 amide bonds. The molecule has 0 aromatic heterocycles. The van der Waals surface area contributed by atoms with Crippen LogP contribution in [0.5, 0.6) is 0 Å². The van der Waals surface area contributed by atoms with Crippen molar-refractivity contribution in [3.05, 3.63) is 11.5 Å². The first-order valence-electron chi connectivity index (χ1n) is 8.01. The average Bonchev–Trinajstić information content (AvgIpc) is 2.75. The van der Waals surface area contributed by atoms with Crippen molar-refractivity contribution in [1.29, 1.82) is 0 Å². The summed E-state index contributed by atoms with van der Waals surface area (Å²) in [6, 6.07) is 1.89. The summed E-state index contributed by atoms with van der Waals surface area (Å²) in [5.41, 5.74) is 0. The third-order valence-corrected chi connectivity index (χ3v) is 6.39. The first kappa shape index (κ1) is 14.5. The monoisotopic (exact) mass is 298 g/mol. The highest BCUT2D eigenvalue weighted by molar-refractivity contribution is 7.94. The van der Waals surface area contributed by atoms with Crippen LogP contribution >= 0.6 is 0 Å². The van der Waals surface area contributed by atoms with Crippen LogP contribution in [0.3, 0.4) is 0 Å². The lowest BCUT2D eigenvalue weighted by atomic mass is 9.80. The lowest BCUT2D eigenvalue weighted by molar-refractivity contribution is 0.00995. The molecule has 5 heteroatoms. The number of fused-ring (bicyclic) bond motifs is 2. The van der Waals surface area contributed by atoms with E-state index in [-0.39, 0.29) is 6.04 Å². The maximum atomic E-state index is 11.7. The van der Waals surface area contributed by atoms with Crippen LogP contribution in [0, 0.1) is 0 Å². The number of sulfone groups is 1. The summed E-state index contributed by atoms with van der Waals surface area (Å²) < 4.78 is 23.4. The van der Waals surface area contributed by atoms with Gasteiger partial charge >= 0.3 is 0 Å². The minimum absolute atomic E-state index is 0.127. The van der Waals surface area contributed by atoms with Gasteiger partial charge in [0.1, 0.15) is 0 Å². The second-order valence-corrected chi connectivity index (χ2v) is 8.46. The van der Waals surface area contributed by atoms with Gasteiger partial charge in [-0.1, -0.05) is 19.4 Å². The molecule has 2 fully saturated rings. The summed E-state index contributed by atoms with van der Waals surface area (Å²) in [5.74, 6) is 0.299. The predicted octanol–water partition coefficient (Wildman–Crippen LogP) is 1.68. The molecule has 2 bridgehead atoms. The van der Waals surface area contributed by atoms with Crippen molar-refractivity contribution in [1.82, 2.24) is 10.2 Å². The van der Waals surface area contributed by atoms with E-state index in [9.17, 15) is 8.42 Å². The van der Waals surface area contributed by atoms with Crippen molar-refractivity contribution in [3.8, 4) is 0 Å². The molecule has 1 N–H and O–H groups in total. The van der Waals surface area contributed by atoms with Gasteiger partial charge in [0.15, 0.2) is 9.84 Å². The summed E-state index contributed by atoms with van der Waals surface area (Å²) in [7, 11) is -2.94. The zero-order valence-electron chi connectivity index (χ0n) is 12.3. The standard InChI is InChI=1S/C15H26N2O2S/c1-2-7-16-12-9-13-4-3-5-14(10-12)17(13)15-6-8-20(18,19)11-15/h6,8,12-16H,2-5,7,9-11H2,1H3. The SMILES string of the molecule is CCCNC1CC2CCCC(C1)N2C1C=CS(=O)(=O)C1. The molecule has 3 unspecified atom stereocenters. The lowest BCUT2D eigenvalue weighted by Gasteiger charge is -2.51. The Balaban J connectivity index is 1.69. The molecule has 2 saturated heterocycles. The zero-order valence-corrected chi connectivity index (χ0v) is 13.1. The van der Waals surface area contributed by atoms with Crippen molar-refractivity contribution in [2.75, 3.05) is 12.3 Å². The predicted molar refractivity (Wildman–Crippen MR) is 81.3 cm³/mol. The Labute approximate surface area is 122 Å². The smallest absolute Gasteiger partial charge is 0.173 e. The number of nitrogens with one attached hydrogen (secondary N) is 1. The van der Waals surface area contributed by atoms with Gasteiger partial charge < -0.3 is 5.32 Å². The summed E-state index contributed by atoms with van der Waals surface area (Å²) in [6.45, 7) is 3.30. The van der Waals surface area contributed by atoms with E-state index in [1.807, 2.05) is 6.08 Å². The Morgan fingerprint density at radius 3 is 2.50 bits per heavy atom. The van der Waals surface area contributed by atoms with E-state index in [0.29, 0.717) is 23.9 Å². The average molecular weight is 298 g/mol. The maximum absolute atomic E-state index is 11.7. The van der Waals surface area contributed by atoms with Gasteiger partial charge in [0, 0.05) is 29.6 Å². The highest BCUT2D eigenvalue weighted by Gasteiger charge is 2.42. The molecule has 3 aliphatic heterocycles. The highest BCUT2D eigenvalue weighted by atomic mass is 32.2. The summed E-state index contributed by atoms with van der Waals surface area (Å²) in [5, 5.41) is 5.09. The second kappa shape index (κ2) is 5.78. The first-order chi connectivity index (χ1) is 9.59. The zero-order chi connectivity index (χ0) is 14.2. The van der Waals surface area contributed by atoms with Crippen molar-refractivity contribution in [3.63, 3.8) is 0 Å². The van der Waals surface area contributed by atoms with E-state index in [1.165, 1.54) is 43.9 Å². The Morgan fingerprint density at radius 2 is 1.95 bits per heavy atom. The Hall–Kier alpha value is -0.390. The third-order valence-electron chi connectivity index (χ3n) is 5.01. The molecule has 0 saturated carbocycles. The lowest BCUT2D eigenvalue weighted by Crippen LogP contribution is -2.59. The van der Waals surface area contributed by atoms with Crippen LogP contribution in [0.1, 0.15) is 45.4 Å². The number of hydrogen-bond donors (Lipinski definition) is 1. The van der Waals surface area contributed by atoms with Gasteiger partial charge in [0.25, 0.3) is 0 Å². The topological polar surface area (TPSA) is 49.4 Å².